The van der Waals surface area contributed by atoms with Crippen molar-refractivity contribution in [3.05, 3.63) is 30.6 Å². The fourth-order valence-electron chi connectivity index (χ4n) is 4.33. The van der Waals surface area contributed by atoms with Crippen LogP contribution in [0.15, 0.2) is 35.5 Å². The summed E-state index contributed by atoms with van der Waals surface area (Å²) in [5, 5.41) is 0. The summed E-state index contributed by atoms with van der Waals surface area (Å²) in [6.45, 7) is 7.38. The third-order valence-corrected chi connectivity index (χ3v) is 8.15. The molecule has 2 aliphatic heterocycles. The van der Waals surface area contributed by atoms with Gasteiger partial charge in [0.15, 0.2) is 0 Å². The third-order valence-electron chi connectivity index (χ3n) is 6.25. The van der Waals surface area contributed by atoms with E-state index in [1.165, 1.54) is 4.31 Å². The molecule has 2 fully saturated rings. The topological polar surface area (TPSA) is 103 Å². The molecule has 2 aliphatic rings. The average Bonchev–Trinajstić information content (AvgIpc) is 3.26. The number of morpholine rings is 2. The second-order valence-electron chi connectivity index (χ2n) is 8.48. The van der Waals surface area contributed by atoms with E-state index in [0.717, 1.165) is 49.4 Å². The van der Waals surface area contributed by atoms with Crippen molar-refractivity contribution in [1.82, 2.24) is 23.8 Å². The molecule has 5 rings (SSSR count). The molecule has 0 saturated carbocycles. The molecule has 11 heteroatoms. The predicted molar refractivity (Wildman–Crippen MR) is 128 cm³/mol. The second kappa shape index (κ2) is 9.95. The van der Waals surface area contributed by atoms with Crippen LogP contribution in [0.2, 0.25) is 0 Å². The second-order valence-corrected chi connectivity index (χ2v) is 10.4. The smallest absolute Gasteiger partial charge is 0.243 e. The van der Waals surface area contributed by atoms with Crippen LogP contribution in [0.25, 0.3) is 22.4 Å². The number of fused-ring (bicyclic) bond motifs is 1. The Hall–Kier alpha value is -2.60. The van der Waals surface area contributed by atoms with Crippen molar-refractivity contribution >= 4 is 27.0 Å². The first-order valence-electron chi connectivity index (χ1n) is 11.8. The number of imidazole rings is 1. The van der Waals surface area contributed by atoms with E-state index in [9.17, 15) is 8.42 Å². The van der Waals surface area contributed by atoms with Gasteiger partial charge in [-0.3, -0.25) is 0 Å². The first-order chi connectivity index (χ1) is 16.6. The molecule has 2 aromatic heterocycles. The highest BCUT2D eigenvalue weighted by molar-refractivity contribution is 7.89. The lowest BCUT2D eigenvalue weighted by Crippen LogP contribution is -2.40. The van der Waals surface area contributed by atoms with E-state index in [1.807, 2.05) is 6.07 Å². The molecule has 2 saturated heterocycles. The number of ether oxygens (including phenoxy) is 2. The summed E-state index contributed by atoms with van der Waals surface area (Å²) in [5.41, 5.74) is 2.36. The summed E-state index contributed by atoms with van der Waals surface area (Å²) >= 11 is 0. The Morgan fingerprint density at radius 3 is 2.32 bits per heavy atom. The number of aromatic nitrogens is 4. The van der Waals surface area contributed by atoms with Crippen LogP contribution in [-0.2, 0) is 26.0 Å². The van der Waals surface area contributed by atoms with Gasteiger partial charge in [0.05, 0.1) is 47.9 Å². The van der Waals surface area contributed by atoms with Crippen molar-refractivity contribution in [3.63, 3.8) is 0 Å². The van der Waals surface area contributed by atoms with Crippen molar-refractivity contribution in [2.45, 2.75) is 31.2 Å². The standard InChI is InChI=1S/C23H30N6O4S/c1-2-3-6-29-21-5-4-19(34(30,31)28-9-13-33-14-10-28)15-20(21)26-22(29)18-16-24-23(25-17-18)27-7-11-32-12-8-27/h4-5,15-17H,2-3,6-14H2,1H3. The molecule has 0 N–H and O–H groups in total. The molecule has 182 valence electrons. The molecule has 0 unspecified atom stereocenters. The van der Waals surface area contributed by atoms with Crippen LogP contribution in [0.4, 0.5) is 5.95 Å². The summed E-state index contributed by atoms with van der Waals surface area (Å²) in [4.78, 5) is 16.4. The van der Waals surface area contributed by atoms with E-state index < -0.39 is 10.0 Å². The van der Waals surface area contributed by atoms with E-state index in [4.69, 9.17) is 14.5 Å². The van der Waals surface area contributed by atoms with Crippen LogP contribution < -0.4 is 4.90 Å². The normalized spacial score (nSPS) is 18.0. The minimum atomic E-state index is -3.59. The van der Waals surface area contributed by atoms with Gasteiger partial charge in [0.2, 0.25) is 16.0 Å². The zero-order chi connectivity index (χ0) is 23.5. The highest BCUT2D eigenvalue weighted by Gasteiger charge is 2.27. The number of unbranched alkanes of at least 4 members (excludes halogenated alkanes) is 1. The molecule has 0 atom stereocenters. The largest absolute Gasteiger partial charge is 0.379 e. The van der Waals surface area contributed by atoms with Crippen LogP contribution in [0.5, 0.6) is 0 Å². The summed E-state index contributed by atoms with van der Waals surface area (Å²) in [6.07, 6.45) is 5.62. The zero-order valence-electron chi connectivity index (χ0n) is 19.4. The Morgan fingerprint density at radius 1 is 0.971 bits per heavy atom. The van der Waals surface area contributed by atoms with Gasteiger partial charge in [0.25, 0.3) is 0 Å². The lowest BCUT2D eigenvalue weighted by atomic mass is 10.2. The number of hydrogen-bond donors (Lipinski definition) is 0. The number of anilines is 1. The SMILES string of the molecule is CCCCn1c(-c2cnc(N3CCOCC3)nc2)nc2cc(S(=O)(=O)N3CCOCC3)ccc21. The monoisotopic (exact) mass is 486 g/mol. The summed E-state index contributed by atoms with van der Waals surface area (Å²) in [5.74, 6) is 1.43. The predicted octanol–water partition coefficient (Wildman–Crippen LogP) is 2.15. The molecule has 3 aromatic rings. The van der Waals surface area contributed by atoms with Gasteiger partial charge < -0.3 is 18.9 Å². The lowest BCUT2D eigenvalue weighted by Gasteiger charge is -2.26. The summed E-state index contributed by atoms with van der Waals surface area (Å²) in [7, 11) is -3.59. The first kappa shape index (κ1) is 23.2. The highest BCUT2D eigenvalue weighted by Crippen LogP contribution is 2.28. The number of aryl methyl sites for hydroxylation is 1. The van der Waals surface area contributed by atoms with Crippen molar-refractivity contribution in [2.24, 2.45) is 0 Å². The minimum absolute atomic E-state index is 0.257. The summed E-state index contributed by atoms with van der Waals surface area (Å²) < 4.78 is 40.6. The average molecular weight is 487 g/mol. The molecule has 34 heavy (non-hydrogen) atoms. The lowest BCUT2D eigenvalue weighted by molar-refractivity contribution is 0.0730. The molecule has 0 radical (unpaired) electrons. The van der Waals surface area contributed by atoms with Crippen LogP contribution >= 0.6 is 0 Å². The van der Waals surface area contributed by atoms with Gasteiger partial charge in [-0.1, -0.05) is 13.3 Å². The number of hydrogen-bond acceptors (Lipinski definition) is 8. The maximum atomic E-state index is 13.2. The number of sulfonamides is 1. The van der Waals surface area contributed by atoms with Gasteiger partial charge in [-0.05, 0) is 24.6 Å². The van der Waals surface area contributed by atoms with E-state index in [0.29, 0.717) is 51.0 Å². The maximum absolute atomic E-state index is 13.2. The Labute approximate surface area is 199 Å². The fraction of sp³-hybridized carbons (Fsp3) is 0.522. The number of rotatable bonds is 7. The minimum Gasteiger partial charge on any atom is -0.379 e. The van der Waals surface area contributed by atoms with Gasteiger partial charge in [-0.15, -0.1) is 0 Å². The zero-order valence-corrected chi connectivity index (χ0v) is 20.2. The van der Waals surface area contributed by atoms with Crippen molar-refractivity contribution < 1.29 is 17.9 Å². The molecule has 0 bridgehead atoms. The molecule has 10 nitrogen and oxygen atoms in total. The molecule has 0 spiro atoms. The Kier molecular flexibility index (Phi) is 6.77. The van der Waals surface area contributed by atoms with Gasteiger partial charge >= 0.3 is 0 Å². The van der Waals surface area contributed by atoms with Crippen molar-refractivity contribution in [3.8, 4) is 11.4 Å². The van der Waals surface area contributed by atoms with E-state index >= 15 is 0 Å². The molecule has 4 heterocycles. The van der Waals surface area contributed by atoms with Crippen molar-refractivity contribution in [2.75, 3.05) is 57.5 Å². The molecule has 0 amide bonds. The van der Waals surface area contributed by atoms with Gasteiger partial charge in [0.1, 0.15) is 5.82 Å². The van der Waals surface area contributed by atoms with E-state index in [-0.39, 0.29) is 4.90 Å². The van der Waals surface area contributed by atoms with Crippen LogP contribution in [-0.4, -0.2) is 84.8 Å². The highest BCUT2D eigenvalue weighted by atomic mass is 32.2. The van der Waals surface area contributed by atoms with Crippen LogP contribution in [0.1, 0.15) is 19.8 Å². The van der Waals surface area contributed by atoms with E-state index in [1.54, 1.807) is 24.5 Å². The Balaban J connectivity index is 1.50. The molecular weight excluding hydrogens is 456 g/mol. The molecule has 1 aromatic carbocycles. The maximum Gasteiger partial charge on any atom is 0.243 e. The van der Waals surface area contributed by atoms with Gasteiger partial charge in [-0.2, -0.15) is 4.31 Å². The van der Waals surface area contributed by atoms with Gasteiger partial charge in [-0.25, -0.2) is 23.4 Å². The molecule has 0 aliphatic carbocycles. The van der Waals surface area contributed by atoms with Crippen LogP contribution in [0.3, 0.4) is 0 Å². The quantitative estimate of drug-likeness (QED) is 0.501. The Morgan fingerprint density at radius 2 is 1.65 bits per heavy atom. The third kappa shape index (κ3) is 4.52. The van der Waals surface area contributed by atoms with Crippen molar-refractivity contribution in [1.29, 1.82) is 0 Å². The van der Waals surface area contributed by atoms with Crippen LogP contribution in [0, 0.1) is 0 Å². The van der Waals surface area contributed by atoms with Gasteiger partial charge in [0, 0.05) is 45.1 Å². The Bertz CT molecular complexity index is 1230. The van der Waals surface area contributed by atoms with E-state index in [2.05, 4.69) is 26.4 Å². The fourth-order valence-corrected chi connectivity index (χ4v) is 5.76. The number of benzene rings is 1. The molecular formula is C23H30N6O4S. The first-order valence-corrected chi connectivity index (χ1v) is 13.3. The summed E-state index contributed by atoms with van der Waals surface area (Å²) in [6, 6.07) is 5.21. The number of nitrogens with zero attached hydrogens (tertiary/aromatic N) is 6.